The molecule has 32 heavy (non-hydrogen) atoms. The van der Waals surface area contributed by atoms with Crippen LogP contribution >= 0.6 is 23.1 Å². The standard InChI is InChI=1S/C26H37N3OS2/c1-5-18-8-6-7-13-29(18)21(30)15-31-24-22-19-12-11-17(26(2,3)4)14-20(19)32-25(22)28-23(27-24)16-9-10-16/h16-18H,5-15H2,1-4H3. The van der Waals surface area contributed by atoms with Crippen molar-refractivity contribution in [2.75, 3.05) is 12.3 Å². The Balaban J connectivity index is 1.43. The molecule has 0 N–H and O–H groups in total. The molecule has 0 spiro atoms. The van der Waals surface area contributed by atoms with Crippen LogP contribution in [-0.4, -0.2) is 39.1 Å². The first-order valence-corrected chi connectivity index (χ1v) is 14.4. The average Bonchev–Trinajstić information content (AvgIpc) is 3.56. The van der Waals surface area contributed by atoms with Gasteiger partial charge in [0.05, 0.1) is 5.75 Å². The number of rotatable bonds is 5. The lowest BCUT2D eigenvalue weighted by atomic mass is 9.72. The van der Waals surface area contributed by atoms with E-state index in [0.29, 0.717) is 23.1 Å². The van der Waals surface area contributed by atoms with Gasteiger partial charge in [0.25, 0.3) is 0 Å². The summed E-state index contributed by atoms with van der Waals surface area (Å²) in [6.07, 6.45) is 10.5. The number of hydrogen-bond acceptors (Lipinski definition) is 5. The number of amides is 1. The van der Waals surface area contributed by atoms with Crippen LogP contribution in [0.15, 0.2) is 5.03 Å². The Morgan fingerprint density at radius 3 is 2.69 bits per heavy atom. The fourth-order valence-corrected chi connectivity index (χ4v) is 7.81. The van der Waals surface area contributed by atoms with Crippen LogP contribution in [0.2, 0.25) is 0 Å². The van der Waals surface area contributed by atoms with E-state index in [4.69, 9.17) is 9.97 Å². The highest BCUT2D eigenvalue weighted by molar-refractivity contribution is 8.00. The molecule has 2 atom stereocenters. The summed E-state index contributed by atoms with van der Waals surface area (Å²) in [5.41, 5.74) is 1.82. The van der Waals surface area contributed by atoms with Crippen molar-refractivity contribution in [1.82, 2.24) is 14.9 Å². The Hall–Kier alpha value is -1.14. The summed E-state index contributed by atoms with van der Waals surface area (Å²) in [5, 5.41) is 2.34. The highest BCUT2D eigenvalue weighted by atomic mass is 32.2. The zero-order valence-electron chi connectivity index (χ0n) is 20.1. The van der Waals surface area contributed by atoms with Crippen molar-refractivity contribution >= 4 is 39.2 Å². The molecule has 6 heteroatoms. The third kappa shape index (κ3) is 4.46. The summed E-state index contributed by atoms with van der Waals surface area (Å²) >= 11 is 3.57. The molecular weight excluding hydrogens is 434 g/mol. The second-order valence-electron chi connectivity index (χ2n) is 11.1. The van der Waals surface area contributed by atoms with Crippen LogP contribution in [0.1, 0.15) is 94.8 Å². The van der Waals surface area contributed by atoms with E-state index in [-0.39, 0.29) is 5.91 Å². The molecule has 5 rings (SSSR count). The normalized spacial score (nSPS) is 24.1. The van der Waals surface area contributed by atoms with Crippen molar-refractivity contribution in [2.24, 2.45) is 11.3 Å². The molecule has 2 unspecified atom stereocenters. The van der Waals surface area contributed by atoms with Gasteiger partial charge in [0.2, 0.25) is 5.91 Å². The van der Waals surface area contributed by atoms with Gasteiger partial charge in [0, 0.05) is 28.8 Å². The number of nitrogens with zero attached hydrogens (tertiary/aromatic N) is 3. The minimum atomic E-state index is 0.290. The van der Waals surface area contributed by atoms with Gasteiger partial charge < -0.3 is 4.90 Å². The Bertz CT molecular complexity index is 1000. The van der Waals surface area contributed by atoms with Gasteiger partial charge in [-0.2, -0.15) is 0 Å². The first-order chi connectivity index (χ1) is 15.3. The number of carbonyl (C=O) groups excluding carboxylic acids is 1. The summed E-state index contributed by atoms with van der Waals surface area (Å²) in [7, 11) is 0. The van der Waals surface area contributed by atoms with Gasteiger partial charge in [0.1, 0.15) is 15.7 Å². The van der Waals surface area contributed by atoms with Gasteiger partial charge in [-0.15, -0.1) is 11.3 Å². The Kier molecular flexibility index (Phi) is 6.30. The maximum atomic E-state index is 13.2. The summed E-state index contributed by atoms with van der Waals surface area (Å²) in [6.45, 7) is 10.3. The van der Waals surface area contributed by atoms with E-state index >= 15 is 0 Å². The number of aryl methyl sites for hydroxylation is 1. The van der Waals surface area contributed by atoms with Gasteiger partial charge in [0.15, 0.2) is 0 Å². The lowest BCUT2D eigenvalue weighted by Crippen LogP contribution is -2.44. The number of piperidine rings is 1. The van der Waals surface area contributed by atoms with Gasteiger partial charge in [-0.25, -0.2) is 9.97 Å². The average molecular weight is 472 g/mol. The third-order valence-electron chi connectivity index (χ3n) is 7.81. The van der Waals surface area contributed by atoms with Crippen molar-refractivity contribution in [3.05, 3.63) is 16.3 Å². The molecule has 1 saturated carbocycles. The lowest BCUT2D eigenvalue weighted by molar-refractivity contribution is -0.132. The van der Waals surface area contributed by atoms with E-state index in [2.05, 4.69) is 32.6 Å². The lowest BCUT2D eigenvalue weighted by Gasteiger charge is -2.35. The van der Waals surface area contributed by atoms with E-state index in [1.54, 1.807) is 11.8 Å². The number of thioether (sulfide) groups is 1. The Morgan fingerprint density at radius 1 is 1.16 bits per heavy atom. The summed E-state index contributed by atoms with van der Waals surface area (Å²) < 4.78 is 0. The third-order valence-corrected chi connectivity index (χ3v) is 9.92. The molecule has 2 aliphatic carbocycles. The second kappa shape index (κ2) is 8.90. The quantitative estimate of drug-likeness (QED) is 0.364. The molecule has 3 aliphatic rings. The van der Waals surface area contributed by atoms with Crippen molar-refractivity contribution in [3.8, 4) is 0 Å². The number of aromatic nitrogens is 2. The predicted octanol–water partition coefficient (Wildman–Crippen LogP) is 6.60. The summed E-state index contributed by atoms with van der Waals surface area (Å²) in [6, 6.07) is 0.424. The molecule has 0 aromatic carbocycles. The number of fused-ring (bicyclic) bond motifs is 3. The highest BCUT2D eigenvalue weighted by Gasteiger charge is 2.34. The zero-order chi connectivity index (χ0) is 22.5. The fraction of sp³-hybridized carbons (Fsp3) is 0.731. The highest BCUT2D eigenvalue weighted by Crippen LogP contribution is 2.46. The number of carbonyl (C=O) groups is 1. The largest absolute Gasteiger partial charge is 0.339 e. The summed E-state index contributed by atoms with van der Waals surface area (Å²) in [5.74, 6) is 3.06. The molecule has 0 bridgehead atoms. The molecule has 2 fully saturated rings. The minimum Gasteiger partial charge on any atom is -0.339 e. The Morgan fingerprint density at radius 2 is 1.97 bits per heavy atom. The van der Waals surface area contributed by atoms with Gasteiger partial charge in [-0.3, -0.25) is 4.79 Å². The van der Waals surface area contributed by atoms with Crippen LogP contribution in [0.5, 0.6) is 0 Å². The van der Waals surface area contributed by atoms with E-state index < -0.39 is 0 Å². The van der Waals surface area contributed by atoms with E-state index in [9.17, 15) is 4.79 Å². The van der Waals surface area contributed by atoms with Gasteiger partial charge in [-0.1, -0.05) is 39.5 Å². The topological polar surface area (TPSA) is 46.1 Å². The summed E-state index contributed by atoms with van der Waals surface area (Å²) in [4.78, 5) is 28.1. The fourth-order valence-electron chi connectivity index (χ4n) is 5.49. The van der Waals surface area contributed by atoms with E-state index in [1.807, 2.05) is 11.3 Å². The predicted molar refractivity (Wildman–Crippen MR) is 135 cm³/mol. The van der Waals surface area contributed by atoms with Crippen molar-refractivity contribution in [1.29, 1.82) is 0 Å². The van der Waals surface area contributed by atoms with Crippen molar-refractivity contribution in [2.45, 2.75) is 102 Å². The maximum absolute atomic E-state index is 13.2. The molecular formula is C26H37N3OS2. The van der Waals surface area contributed by atoms with Crippen LogP contribution in [0.3, 0.4) is 0 Å². The van der Waals surface area contributed by atoms with E-state index in [1.165, 1.54) is 46.3 Å². The molecule has 3 heterocycles. The van der Waals surface area contributed by atoms with Crippen LogP contribution in [0.4, 0.5) is 0 Å². The van der Waals surface area contributed by atoms with Crippen molar-refractivity contribution < 1.29 is 4.79 Å². The molecule has 1 saturated heterocycles. The van der Waals surface area contributed by atoms with Crippen molar-refractivity contribution in [3.63, 3.8) is 0 Å². The molecule has 1 amide bonds. The van der Waals surface area contributed by atoms with Gasteiger partial charge >= 0.3 is 0 Å². The zero-order valence-corrected chi connectivity index (χ0v) is 21.7. The molecule has 0 radical (unpaired) electrons. The number of hydrogen-bond donors (Lipinski definition) is 0. The van der Waals surface area contributed by atoms with Gasteiger partial charge in [-0.05, 0) is 74.7 Å². The van der Waals surface area contributed by atoms with Crippen LogP contribution in [0, 0.1) is 11.3 Å². The van der Waals surface area contributed by atoms with E-state index in [0.717, 1.165) is 55.4 Å². The smallest absolute Gasteiger partial charge is 0.233 e. The first kappa shape index (κ1) is 22.6. The molecule has 2 aromatic heterocycles. The Labute approximate surface area is 201 Å². The van der Waals surface area contributed by atoms with Crippen LogP contribution in [-0.2, 0) is 17.6 Å². The number of thiophene rings is 1. The molecule has 4 nitrogen and oxygen atoms in total. The monoisotopic (exact) mass is 471 g/mol. The molecule has 2 aromatic rings. The maximum Gasteiger partial charge on any atom is 0.233 e. The number of likely N-dealkylation sites (tertiary alicyclic amines) is 1. The van der Waals surface area contributed by atoms with Crippen LogP contribution < -0.4 is 0 Å². The molecule has 174 valence electrons. The SMILES string of the molecule is CCC1CCCCN1C(=O)CSc1nc(C2CC2)nc2sc3c(c12)CCC(C(C)(C)C)C3. The second-order valence-corrected chi connectivity index (χ2v) is 13.1. The first-order valence-electron chi connectivity index (χ1n) is 12.6. The minimum absolute atomic E-state index is 0.290. The van der Waals surface area contributed by atoms with Crippen LogP contribution in [0.25, 0.3) is 10.2 Å². The molecule has 1 aliphatic heterocycles.